The van der Waals surface area contributed by atoms with Crippen LogP contribution in [0.15, 0.2) is 36.5 Å². The Kier molecular flexibility index (Phi) is 6.68. The highest BCUT2D eigenvalue weighted by molar-refractivity contribution is 6.34. The third-order valence-electron chi connectivity index (χ3n) is 3.43. The van der Waals surface area contributed by atoms with Gasteiger partial charge in [-0.15, -0.1) is 0 Å². The molecule has 0 unspecified atom stereocenters. The molecule has 0 spiro atoms. The maximum Gasteiger partial charge on any atom is 0.337 e. The smallest absolute Gasteiger partial charge is 0.337 e. The third kappa shape index (κ3) is 4.80. The van der Waals surface area contributed by atoms with Gasteiger partial charge in [0.25, 0.3) is 11.8 Å². The van der Waals surface area contributed by atoms with Gasteiger partial charge in [-0.2, -0.15) is 0 Å². The Morgan fingerprint density at radius 2 is 1.88 bits per heavy atom. The van der Waals surface area contributed by atoms with Crippen LogP contribution >= 0.6 is 11.6 Å². The molecular formula is C18H18ClN3O4. The fraction of sp³-hybridized carbons (Fsp3) is 0.222. The molecule has 0 fully saturated rings. The van der Waals surface area contributed by atoms with E-state index < -0.39 is 11.9 Å². The number of benzene rings is 1. The summed E-state index contributed by atoms with van der Waals surface area (Å²) in [4.78, 5) is 40.0. The molecule has 0 aliphatic heterocycles. The Labute approximate surface area is 155 Å². The van der Waals surface area contributed by atoms with E-state index >= 15 is 0 Å². The number of nitrogens with one attached hydrogen (secondary N) is 2. The van der Waals surface area contributed by atoms with E-state index in [9.17, 15) is 14.4 Å². The van der Waals surface area contributed by atoms with Crippen LogP contribution in [0.25, 0.3) is 0 Å². The number of amides is 2. The summed E-state index contributed by atoms with van der Waals surface area (Å²) in [5, 5.41) is 5.56. The van der Waals surface area contributed by atoms with Crippen molar-refractivity contribution in [1.82, 2.24) is 10.3 Å². The number of halogens is 1. The second-order valence-corrected chi connectivity index (χ2v) is 5.73. The van der Waals surface area contributed by atoms with Gasteiger partial charge in [-0.1, -0.05) is 18.5 Å². The first kappa shape index (κ1) is 19.4. The van der Waals surface area contributed by atoms with E-state index in [1.807, 2.05) is 6.92 Å². The Balaban J connectivity index is 2.20. The quantitative estimate of drug-likeness (QED) is 0.756. The summed E-state index contributed by atoms with van der Waals surface area (Å²) < 4.78 is 4.64. The lowest BCUT2D eigenvalue weighted by molar-refractivity contribution is 0.0600. The second-order valence-electron chi connectivity index (χ2n) is 5.33. The fourth-order valence-corrected chi connectivity index (χ4v) is 2.25. The zero-order valence-corrected chi connectivity index (χ0v) is 15.1. The maximum absolute atomic E-state index is 12.4. The van der Waals surface area contributed by atoms with Crippen LogP contribution in [0.4, 0.5) is 5.69 Å². The van der Waals surface area contributed by atoms with Crippen molar-refractivity contribution in [3.05, 3.63) is 58.4 Å². The van der Waals surface area contributed by atoms with Crippen LogP contribution in [0.5, 0.6) is 0 Å². The molecule has 0 radical (unpaired) electrons. The maximum atomic E-state index is 12.4. The molecule has 0 aliphatic rings. The molecule has 1 aromatic carbocycles. The first-order valence-electron chi connectivity index (χ1n) is 7.89. The van der Waals surface area contributed by atoms with Gasteiger partial charge in [0.2, 0.25) is 0 Å². The van der Waals surface area contributed by atoms with Crippen LogP contribution in [-0.4, -0.2) is 36.4 Å². The number of anilines is 1. The number of carbonyl (C=O) groups excluding carboxylic acids is 3. The summed E-state index contributed by atoms with van der Waals surface area (Å²) in [6.45, 7) is 2.48. The van der Waals surface area contributed by atoms with Crippen molar-refractivity contribution < 1.29 is 19.1 Å². The molecule has 2 N–H and O–H groups in total. The summed E-state index contributed by atoms with van der Waals surface area (Å²) in [6.07, 6.45) is 2.18. The van der Waals surface area contributed by atoms with Crippen LogP contribution in [0.3, 0.4) is 0 Å². The number of esters is 1. The highest BCUT2D eigenvalue weighted by Crippen LogP contribution is 2.24. The summed E-state index contributed by atoms with van der Waals surface area (Å²) in [7, 11) is 1.26. The van der Waals surface area contributed by atoms with Gasteiger partial charge in [0.05, 0.1) is 23.4 Å². The van der Waals surface area contributed by atoms with E-state index in [4.69, 9.17) is 11.6 Å². The van der Waals surface area contributed by atoms with Gasteiger partial charge in [-0.3, -0.25) is 14.6 Å². The van der Waals surface area contributed by atoms with Crippen molar-refractivity contribution in [2.45, 2.75) is 13.3 Å². The summed E-state index contributed by atoms with van der Waals surface area (Å²) >= 11 is 6.06. The zero-order valence-electron chi connectivity index (χ0n) is 14.3. The molecule has 0 atom stereocenters. The van der Waals surface area contributed by atoms with Gasteiger partial charge in [0.1, 0.15) is 5.69 Å². The van der Waals surface area contributed by atoms with Crippen LogP contribution in [0, 0.1) is 0 Å². The van der Waals surface area contributed by atoms with Gasteiger partial charge >= 0.3 is 5.97 Å². The molecule has 0 saturated heterocycles. The number of methoxy groups -OCH3 is 1. The minimum absolute atomic E-state index is 0.0497. The number of carbonyl (C=O) groups is 3. The van der Waals surface area contributed by atoms with Crippen molar-refractivity contribution in [3.63, 3.8) is 0 Å². The average Bonchev–Trinajstić information content (AvgIpc) is 2.67. The molecule has 1 aromatic heterocycles. The highest BCUT2D eigenvalue weighted by atomic mass is 35.5. The molecule has 2 amide bonds. The van der Waals surface area contributed by atoms with Crippen molar-refractivity contribution in [2.24, 2.45) is 0 Å². The molecule has 8 heteroatoms. The summed E-state index contributed by atoms with van der Waals surface area (Å²) in [5.74, 6) is -1.39. The molecule has 2 rings (SSSR count). The van der Waals surface area contributed by atoms with Gasteiger partial charge in [-0.05, 0) is 36.8 Å². The van der Waals surface area contributed by atoms with E-state index in [0.717, 1.165) is 6.42 Å². The van der Waals surface area contributed by atoms with Crippen LogP contribution in [0.2, 0.25) is 5.02 Å². The molecule has 0 bridgehead atoms. The summed E-state index contributed by atoms with van der Waals surface area (Å²) in [5.41, 5.74) is 0.858. The van der Waals surface area contributed by atoms with Crippen LogP contribution < -0.4 is 10.6 Å². The average molecular weight is 376 g/mol. The van der Waals surface area contributed by atoms with Crippen molar-refractivity contribution in [3.8, 4) is 0 Å². The Morgan fingerprint density at radius 1 is 1.12 bits per heavy atom. The van der Waals surface area contributed by atoms with Gasteiger partial charge in [0, 0.05) is 18.3 Å². The number of hydrogen-bond donors (Lipinski definition) is 2. The lowest BCUT2D eigenvalue weighted by Crippen LogP contribution is -2.24. The molecule has 1 heterocycles. The predicted molar refractivity (Wildman–Crippen MR) is 97.6 cm³/mol. The number of pyridine rings is 1. The molecular weight excluding hydrogens is 358 g/mol. The van der Waals surface area contributed by atoms with Crippen molar-refractivity contribution in [1.29, 1.82) is 0 Å². The number of ether oxygens (including phenoxy) is 1. The normalized spacial score (nSPS) is 10.1. The Hall–Kier alpha value is -2.93. The largest absolute Gasteiger partial charge is 0.465 e. The zero-order chi connectivity index (χ0) is 19.1. The monoisotopic (exact) mass is 375 g/mol. The van der Waals surface area contributed by atoms with Gasteiger partial charge in [0.15, 0.2) is 0 Å². The first-order chi connectivity index (χ1) is 12.5. The number of hydrogen-bond acceptors (Lipinski definition) is 5. The van der Waals surface area contributed by atoms with Gasteiger partial charge in [-0.25, -0.2) is 4.79 Å². The molecule has 2 aromatic rings. The van der Waals surface area contributed by atoms with Gasteiger partial charge < -0.3 is 15.4 Å². The van der Waals surface area contributed by atoms with E-state index in [1.165, 1.54) is 43.6 Å². The van der Waals surface area contributed by atoms with Crippen molar-refractivity contribution >= 4 is 35.1 Å². The predicted octanol–water partition coefficient (Wildman–Crippen LogP) is 2.91. The molecule has 136 valence electrons. The standard InChI is InChI=1S/C18H18ClN3O4/c1-3-7-21-16(23)11-6-8-20-15(9-11)17(24)22-14-10-12(18(25)26-2)4-5-13(14)19/h4-6,8-10H,3,7H2,1-2H3,(H,21,23)(H,22,24). The third-order valence-corrected chi connectivity index (χ3v) is 3.76. The molecule has 26 heavy (non-hydrogen) atoms. The van der Waals surface area contributed by atoms with Crippen LogP contribution in [-0.2, 0) is 4.74 Å². The van der Waals surface area contributed by atoms with E-state index in [-0.39, 0.29) is 27.9 Å². The van der Waals surface area contributed by atoms with Crippen LogP contribution in [0.1, 0.15) is 44.5 Å². The SMILES string of the molecule is CCCNC(=O)c1ccnc(C(=O)Nc2cc(C(=O)OC)ccc2Cl)c1. The molecule has 7 nitrogen and oxygen atoms in total. The number of rotatable bonds is 6. The lowest BCUT2D eigenvalue weighted by atomic mass is 10.2. The topological polar surface area (TPSA) is 97.4 Å². The minimum Gasteiger partial charge on any atom is -0.465 e. The van der Waals surface area contributed by atoms with E-state index in [2.05, 4.69) is 20.4 Å². The second kappa shape index (κ2) is 8.96. The van der Waals surface area contributed by atoms with E-state index in [0.29, 0.717) is 12.1 Å². The molecule has 0 saturated carbocycles. The molecule has 0 aliphatic carbocycles. The van der Waals surface area contributed by atoms with Crippen molar-refractivity contribution in [2.75, 3.05) is 19.0 Å². The highest BCUT2D eigenvalue weighted by Gasteiger charge is 2.15. The first-order valence-corrected chi connectivity index (χ1v) is 8.27. The Morgan fingerprint density at radius 3 is 2.58 bits per heavy atom. The number of nitrogens with zero attached hydrogens (tertiary/aromatic N) is 1. The van der Waals surface area contributed by atoms with E-state index in [1.54, 1.807) is 0 Å². The number of aromatic nitrogens is 1. The minimum atomic E-state index is -0.556. The summed E-state index contributed by atoms with van der Waals surface area (Å²) in [6, 6.07) is 7.28. The fourth-order valence-electron chi connectivity index (χ4n) is 2.09. The lowest BCUT2D eigenvalue weighted by Gasteiger charge is -2.09. The Bertz CT molecular complexity index is 839.